The molecule has 0 saturated heterocycles. The van der Waals surface area contributed by atoms with E-state index in [1.54, 1.807) is 6.92 Å². The van der Waals surface area contributed by atoms with Gasteiger partial charge < -0.3 is 5.11 Å². The van der Waals surface area contributed by atoms with E-state index >= 15 is 0 Å². The molecule has 2 rings (SSSR count). The molecule has 0 aliphatic carbocycles. The minimum atomic E-state index is -4.58. The highest BCUT2D eigenvalue weighted by molar-refractivity contribution is 5.41. The average molecular weight is 300 g/mol. The first-order valence-corrected chi connectivity index (χ1v) is 6.00. The molecule has 0 unspecified atom stereocenters. The van der Waals surface area contributed by atoms with Gasteiger partial charge in [0.05, 0.1) is 16.8 Å². The molecule has 1 aromatic heterocycles. The normalized spacial score (nSPS) is 11.6. The number of nitrogens with one attached hydrogen (secondary N) is 1. The molecule has 21 heavy (non-hydrogen) atoms. The lowest BCUT2D eigenvalue weighted by Crippen LogP contribution is -2.31. The van der Waals surface area contributed by atoms with Crippen molar-refractivity contribution in [3.8, 4) is 11.6 Å². The fraction of sp³-hybridized carbons (Fsp3) is 0.231. The van der Waals surface area contributed by atoms with E-state index in [1.807, 2.05) is 4.98 Å². The highest BCUT2D eigenvalue weighted by atomic mass is 19.4. The molecule has 2 N–H and O–H groups in total. The number of aromatic hydroxyl groups is 1. The van der Waals surface area contributed by atoms with Gasteiger partial charge in [0, 0.05) is 0 Å². The second kappa shape index (κ2) is 5.12. The standard InChI is InChI=1S/C13H11F3N2O3/c1-2-9-10(19)17-12(21)18(11(9)20)8-5-3-4-7(6-8)13(14,15)16/h3-6,20H,2H2,1H3,(H,17,19,21). The maximum atomic E-state index is 12.7. The van der Waals surface area contributed by atoms with Crippen molar-refractivity contribution in [3.63, 3.8) is 0 Å². The number of benzene rings is 1. The monoisotopic (exact) mass is 300 g/mol. The Morgan fingerprint density at radius 2 is 1.95 bits per heavy atom. The van der Waals surface area contributed by atoms with E-state index in [-0.39, 0.29) is 17.7 Å². The Morgan fingerprint density at radius 3 is 2.52 bits per heavy atom. The topological polar surface area (TPSA) is 75.1 Å². The number of rotatable bonds is 2. The van der Waals surface area contributed by atoms with E-state index in [0.717, 1.165) is 18.2 Å². The van der Waals surface area contributed by atoms with Crippen molar-refractivity contribution in [3.05, 3.63) is 56.2 Å². The van der Waals surface area contributed by atoms with Crippen LogP contribution in [0, 0.1) is 0 Å². The average Bonchev–Trinajstić information content (AvgIpc) is 2.38. The van der Waals surface area contributed by atoms with Crippen LogP contribution in [-0.4, -0.2) is 14.7 Å². The molecule has 112 valence electrons. The number of H-pyrrole nitrogens is 1. The summed E-state index contributed by atoms with van der Waals surface area (Å²) in [6.45, 7) is 1.57. The highest BCUT2D eigenvalue weighted by Crippen LogP contribution is 2.30. The lowest BCUT2D eigenvalue weighted by Gasteiger charge is -2.13. The second-order valence-electron chi connectivity index (χ2n) is 4.30. The Kier molecular flexibility index (Phi) is 3.63. The van der Waals surface area contributed by atoms with Crippen LogP contribution in [0.1, 0.15) is 18.1 Å². The third kappa shape index (κ3) is 2.69. The maximum absolute atomic E-state index is 12.7. The van der Waals surface area contributed by atoms with Gasteiger partial charge in [-0.1, -0.05) is 13.0 Å². The Morgan fingerprint density at radius 1 is 1.29 bits per heavy atom. The minimum absolute atomic E-state index is 0.0768. The van der Waals surface area contributed by atoms with Crippen molar-refractivity contribution in [2.24, 2.45) is 0 Å². The number of halogens is 3. The third-order valence-corrected chi connectivity index (χ3v) is 2.96. The van der Waals surface area contributed by atoms with Gasteiger partial charge in [-0.2, -0.15) is 13.2 Å². The summed E-state index contributed by atoms with van der Waals surface area (Å²) in [5.74, 6) is -0.662. The number of hydrogen-bond acceptors (Lipinski definition) is 3. The molecular weight excluding hydrogens is 289 g/mol. The lowest BCUT2D eigenvalue weighted by molar-refractivity contribution is -0.137. The van der Waals surface area contributed by atoms with Gasteiger partial charge in [-0.25, -0.2) is 9.36 Å². The van der Waals surface area contributed by atoms with Gasteiger partial charge in [0.2, 0.25) is 5.88 Å². The largest absolute Gasteiger partial charge is 0.494 e. The summed E-state index contributed by atoms with van der Waals surface area (Å²) in [4.78, 5) is 25.2. The van der Waals surface area contributed by atoms with Crippen LogP contribution in [-0.2, 0) is 12.6 Å². The van der Waals surface area contributed by atoms with Crippen LogP contribution in [0.2, 0.25) is 0 Å². The zero-order valence-electron chi connectivity index (χ0n) is 10.9. The van der Waals surface area contributed by atoms with Crippen LogP contribution in [0.3, 0.4) is 0 Å². The van der Waals surface area contributed by atoms with Crippen LogP contribution in [0.4, 0.5) is 13.2 Å². The van der Waals surface area contributed by atoms with Crippen molar-refractivity contribution in [2.75, 3.05) is 0 Å². The van der Waals surface area contributed by atoms with Gasteiger partial charge in [0.15, 0.2) is 0 Å². The summed E-state index contributed by atoms with van der Waals surface area (Å²) in [6.07, 6.45) is -4.45. The molecule has 0 bridgehead atoms. The smallest absolute Gasteiger partial charge is 0.416 e. The minimum Gasteiger partial charge on any atom is -0.494 e. The van der Waals surface area contributed by atoms with Crippen LogP contribution in [0.5, 0.6) is 5.88 Å². The fourth-order valence-corrected chi connectivity index (χ4v) is 1.94. The summed E-state index contributed by atoms with van der Waals surface area (Å²) in [6, 6.07) is 3.91. The number of aromatic nitrogens is 2. The number of nitrogens with zero attached hydrogens (tertiary/aromatic N) is 1. The van der Waals surface area contributed by atoms with E-state index in [0.29, 0.717) is 4.57 Å². The van der Waals surface area contributed by atoms with Gasteiger partial charge in [-0.15, -0.1) is 0 Å². The number of hydrogen-bond donors (Lipinski definition) is 2. The Labute approximate surface area is 116 Å². The molecule has 2 aromatic rings. The first-order chi connectivity index (χ1) is 9.75. The zero-order valence-corrected chi connectivity index (χ0v) is 10.9. The van der Waals surface area contributed by atoms with Gasteiger partial charge in [0.1, 0.15) is 0 Å². The van der Waals surface area contributed by atoms with Crippen LogP contribution in [0.15, 0.2) is 33.9 Å². The van der Waals surface area contributed by atoms with Crippen molar-refractivity contribution < 1.29 is 18.3 Å². The highest BCUT2D eigenvalue weighted by Gasteiger charge is 2.30. The predicted octanol–water partition coefficient (Wildman–Crippen LogP) is 1.81. The zero-order chi connectivity index (χ0) is 15.8. The third-order valence-electron chi connectivity index (χ3n) is 2.96. The second-order valence-corrected chi connectivity index (χ2v) is 4.30. The number of aromatic amines is 1. The predicted molar refractivity (Wildman–Crippen MR) is 68.7 cm³/mol. The molecule has 8 heteroatoms. The maximum Gasteiger partial charge on any atom is 0.416 e. The molecule has 1 aromatic carbocycles. The van der Waals surface area contributed by atoms with Crippen molar-refractivity contribution in [1.82, 2.24) is 9.55 Å². The summed E-state index contributed by atoms with van der Waals surface area (Å²) >= 11 is 0. The van der Waals surface area contributed by atoms with Gasteiger partial charge in [-0.3, -0.25) is 9.78 Å². The fourth-order valence-electron chi connectivity index (χ4n) is 1.94. The molecule has 0 spiro atoms. The Hall–Kier alpha value is -2.51. The molecule has 0 aliphatic heterocycles. The summed E-state index contributed by atoms with van der Waals surface area (Å²) in [7, 11) is 0. The first kappa shape index (κ1) is 14.9. The molecule has 0 atom stereocenters. The summed E-state index contributed by atoms with van der Waals surface area (Å²) in [5.41, 5.74) is -2.99. The summed E-state index contributed by atoms with van der Waals surface area (Å²) < 4.78 is 38.7. The van der Waals surface area contributed by atoms with Crippen LogP contribution in [0.25, 0.3) is 5.69 Å². The van der Waals surface area contributed by atoms with E-state index in [9.17, 15) is 27.9 Å². The Balaban J connectivity index is 2.74. The van der Waals surface area contributed by atoms with E-state index in [2.05, 4.69) is 0 Å². The molecule has 0 radical (unpaired) electrons. The van der Waals surface area contributed by atoms with Crippen molar-refractivity contribution in [2.45, 2.75) is 19.5 Å². The SMILES string of the molecule is CCc1c(O)n(-c2cccc(C(F)(F)F)c2)c(=O)[nH]c1=O. The molecule has 0 amide bonds. The van der Waals surface area contributed by atoms with Gasteiger partial charge in [-0.05, 0) is 24.6 Å². The molecule has 0 fully saturated rings. The number of alkyl halides is 3. The van der Waals surface area contributed by atoms with Crippen molar-refractivity contribution >= 4 is 0 Å². The van der Waals surface area contributed by atoms with E-state index < -0.39 is 28.9 Å². The molecular formula is C13H11F3N2O3. The van der Waals surface area contributed by atoms with E-state index in [1.165, 1.54) is 6.07 Å². The Bertz CT molecular complexity index is 790. The van der Waals surface area contributed by atoms with Crippen LogP contribution >= 0.6 is 0 Å². The molecule has 1 heterocycles. The lowest BCUT2D eigenvalue weighted by atomic mass is 10.2. The van der Waals surface area contributed by atoms with E-state index in [4.69, 9.17) is 0 Å². The molecule has 5 nitrogen and oxygen atoms in total. The molecule has 0 saturated carbocycles. The first-order valence-electron chi connectivity index (χ1n) is 6.00. The van der Waals surface area contributed by atoms with Gasteiger partial charge in [0.25, 0.3) is 5.56 Å². The molecule has 0 aliphatic rings. The summed E-state index contributed by atoms with van der Waals surface area (Å²) in [5, 5.41) is 9.96. The van der Waals surface area contributed by atoms with Crippen molar-refractivity contribution in [1.29, 1.82) is 0 Å². The van der Waals surface area contributed by atoms with Crippen LogP contribution < -0.4 is 11.2 Å². The van der Waals surface area contributed by atoms with Gasteiger partial charge >= 0.3 is 11.9 Å². The quantitative estimate of drug-likeness (QED) is 0.888.